The molecule has 0 radical (unpaired) electrons. The maximum Gasteiger partial charge on any atom is 0.417 e. The lowest BCUT2D eigenvalue weighted by Crippen LogP contribution is -2.12. The molecule has 0 unspecified atom stereocenters. The van der Waals surface area contributed by atoms with Crippen molar-refractivity contribution in [2.24, 2.45) is 0 Å². The van der Waals surface area contributed by atoms with Gasteiger partial charge in [-0.05, 0) is 5.56 Å². The standard InChI is InChI=1S/C10H7F3O2/c11-10(12,13)8(6-9(14)15)7-4-2-1-3-5-7/h1-6H,(H,14,15)/b8-6-. The monoisotopic (exact) mass is 216 g/mol. The molecule has 0 aliphatic carbocycles. The minimum atomic E-state index is -4.67. The molecule has 0 bridgehead atoms. The molecule has 1 N–H and O–H groups in total. The first-order valence-corrected chi connectivity index (χ1v) is 3.98. The molecular formula is C10H7F3O2. The number of hydrogen-bond donors (Lipinski definition) is 1. The van der Waals surface area contributed by atoms with Gasteiger partial charge in [0.1, 0.15) is 0 Å². The van der Waals surface area contributed by atoms with Crippen LogP contribution in [0.4, 0.5) is 13.2 Å². The Morgan fingerprint density at radius 1 is 1.20 bits per heavy atom. The normalized spacial score (nSPS) is 12.6. The molecule has 2 nitrogen and oxygen atoms in total. The van der Waals surface area contributed by atoms with Crippen LogP contribution in [-0.2, 0) is 4.79 Å². The van der Waals surface area contributed by atoms with Gasteiger partial charge >= 0.3 is 12.1 Å². The summed E-state index contributed by atoms with van der Waals surface area (Å²) in [5, 5.41) is 8.33. The highest BCUT2D eigenvalue weighted by Crippen LogP contribution is 2.33. The zero-order valence-electron chi connectivity index (χ0n) is 7.45. The Balaban J connectivity index is 3.20. The van der Waals surface area contributed by atoms with Crippen LogP contribution in [0.1, 0.15) is 5.56 Å². The number of halogens is 3. The largest absolute Gasteiger partial charge is 0.478 e. The molecule has 0 aromatic heterocycles. The number of allylic oxidation sites excluding steroid dienone is 1. The summed E-state index contributed by atoms with van der Waals surface area (Å²) in [5.74, 6) is -1.62. The average molecular weight is 216 g/mol. The molecule has 1 rings (SSSR count). The van der Waals surface area contributed by atoms with Crippen LogP contribution in [0.5, 0.6) is 0 Å². The third kappa shape index (κ3) is 3.12. The van der Waals surface area contributed by atoms with Crippen molar-refractivity contribution in [2.75, 3.05) is 0 Å². The van der Waals surface area contributed by atoms with Crippen LogP contribution in [0.3, 0.4) is 0 Å². The van der Waals surface area contributed by atoms with Crippen molar-refractivity contribution in [3.8, 4) is 0 Å². The zero-order chi connectivity index (χ0) is 11.5. The fourth-order valence-corrected chi connectivity index (χ4v) is 1.07. The summed E-state index contributed by atoms with van der Waals surface area (Å²) in [6.07, 6.45) is -4.50. The van der Waals surface area contributed by atoms with Crippen LogP contribution in [0, 0.1) is 0 Å². The van der Waals surface area contributed by atoms with E-state index in [4.69, 9.17) is 5.11 Å². The van der Waals surface area contributed by atoms with Gasteiger partial charge in [0, 0.05) is 6.08 Å². The first-order chi connectivity index (χ1) is 6.91. The van der Waals surface area contributed by atoms with Crippen LogP contribution in [-0.4, -0.2) is 17.3 Å². The Bertz CT molecular complexity index is 379. The molecule has 0 spiro atoms. The van der Waals surface area contributed by atoms with Gasteiger partial charge in [0.2, 0.25) is 0 Å². The Kier molecular flexibility index (Phi) is 3.14. The molecule has 0 heterocycles. The second kappa shape index (κ2) is 4.16. The van der Waals surface area contributed by atoms with Crippen molar-refractivity contribution in [3.63, 3.8) is 0 Å². The van der Waals surface area contributed by atoms with E-state index in [1.54, 1.807) is 6.07 Å². The highest BCUT2D eigenvalue weighted by Gasteiger charge is 2.35. The van der Waals surface area contributed by atoms with E-state index in [2.05, 4.69) is 0 Å². The van der Waals surface area contributed by atoms with Gasteiger partial charge in [-0.25, -0.2) is 4.79 Å². The molecule has 0 saturated carbocycles. The van der Waals surface area contributed by atoms with Crippen LogP contribution in [0.2, 0.25) is 0 Å². The van der Waals surface area contributed by atoms with Crippen LogP contribution in [0.15, 0.2) is 36.4 Å². The molecule has 0 fully saturated rings. The second-order valence-corrected chi connectivity index (χ2v) is 2.76. The van der Waals surface area contributed by atoms with Crippen molar-refractivity contribution in [3.05, 3.63) is 42.0 Å². The summed E-state index contributed by atoms with van der Waals surface area (Å²) in [6, 6.07) is 6.80. The summed E-state index contributed by atoms with van der Waals surface area (Å²) in [7, 11) is 0. The van der Waals surface area contributed by atoms with Gasteiger partial charge in [-0.3, -0.25) is 0 Å². The van der Waals surface area contributed by atoms with Crippen LogP contribution >= 0.6 is 0 Å². The first kappa shape index (κ1) is 11.3. The molecule has 0 aliphatic heterocycles. The van der Waals surface area contributed by atoms with Crippen LogP contribution < -0.4 is 0 Å². The molecule has 5 heteroatoms. The summed E-state index contributed by atoms with van der Waals surface area (Å²) in [6.45, 7) is 0. The maximum atomic E-state index is 12.4. The van der Waals surface area contributed by atoms with Gasteiger partial charge in [-0.15, -0.1) is 0 Å². The average Bonchev–Trinajstić information content (AvgIpc) is 2.14. The zero-order valence-corrected chi connectivity index (χ0v) is 7.45. The van der Waals surface area contributed by atoms with E-state index in [0.717, 1.165) is 0 Å². The number of carboxylic acids is 1. The van der Waals surface area contributed by atoms with Gasteiger partial charge in [0.15, 0.2) is 0 Å². The Morgan fingerprint density at radius 2 is 1.73 bits per heavy atom. The number of carbonyl (C=O) groups is 1. The molecule has 15 heavy (non-hydrogen) atoms. The van der Waals surface area contributed by atoms with Crippen molar-refractivity contribution in [1.29, 1.82) is 0 Å². The predicted molar refractivity (Wildman–Crippen MR) is 48.1 cm³/mol. The lowest BCUT2D eigenvalue weighted by molar-refractivity contribution is -0.131. The number of carboxylic acid groups (broad SMARTS) is 1. The van der Waals surface area contributed by atoms with Crippen LogP contribution in [0.25, 0.3) is 5.57 Å². The number of rotatable bonds is 2. The molecule has 80 valence electrons. The van der Waals surface area contributed by atoms with Gasteiger partial charge in [-0.1, -0.05) is 30.3 Å². The van der Waals surface area contributed by atoms with E-state index in [1.165, 1.54) is 24.3 Å². The fourth-order valence-electron chi connectivity index (χ4n) is 1.07. The molecule has 1 aromatic rings. The Morgan fingerprint density at radius 3 is 2.13 bits per heavy atom. The summed E-state index contributed by atoms with van der Waals surface area (Å²) in [5.41, 5.74) is -1.32. The first-order valence-electron chi connectivity index (χ1n) is 3.98. The third-order valence-electron chi connectivity index (χ3n) is 1.66. The molecular weight excluding hydrogens is 209 g/mol. The summed E-state index contributed by atoms with van der Waals surface area (Å²) < 4.78 is 37.3. The summed E-state index contributed by atoms with van der Waals surface area (Å²) >= 11 is 0. The molecule has 0 amide bonds. The highest BCUT2D eigenvalue weighted by atomic mass is 19.4. The topological polar surface area (TPSA) is 37.3 Å². The lowest BCUT2D eigenvalue weighted by atomic mass is 10.1. The third-order valence-corrected chi connectivity index (χ3v) is 1.66. The molecule has 0 aliphatic rings. The highest BCUT2D eigenvalue weighted by molar-refractivity contribution is 5.91. The van der Waals surface area contributed by atoms with E-state index < -0.39 is 17.7 Å². The van der Waals surface area contributed by atoms with E-state index in [0.29, 0.717) is 0 Å². The van der Waals surface area contributed by atoms with E-state index in [9.17, 15) is 18.0 Å². The van der Waals surface area contributed by atoms with Crippen molar-refractivity contribution >= 4 is 11.5 Å². The fraction of sp³-hybridized carbons (Fsp3) is 0.100. The van der Waals surface area contributed by atoms with Gasteiger partial charge in [-0.2, -0.15) is 13.2 Å². The number of aliphatic carboxylic acids is 1. The maximum absolute atomic E-state index is 12.4. The van der Waals surface area contributed by atoms with E-state index in [1.807, 2.05) is 0 Å². The number of alkyl halides is 3. The Labute approximate surface area is 83.7 Å². The van der Waals surface area contributed by atoms with E-state index >= 15 is 0 Å². The lowest BCUT2D eigenvalue weighted by Gasteiger charge is -2.10. The van der Waals surface area contributed by atoms with Gasteiger partial charge < -0.3 is 5.11 Å². The van der Waals surface area contributed by atoms with Gasteiger partial charge in [0.05, 0.1) is 5.57 Å². The minimum Gasteiger partial charge on any atom is -0.478 e. The second-order valence-electron chi connectivity index (χ2n) is 2.76. The quantitative estimate of drug-likeness (QED) is 0.771. The number of hydrogen-bond acceptors (Lipinski definition) is 1. The van der Waals surface area contributed by atoms with E-state index in [-0.39, 0.29) is 11.6 Å². The summed E-state index contributed by atoms with van der Waals surface area (Å²) in [4.78, 5) is 10.3. The van der Waals surface area contributed by atoms with Crippen molar-refractivity contribution in [1.82, 2.24) is 0 Å². The minimum absolute atomic E-state index is 0.160. The van der Waals surface area contributed by atoms with Gasteiger partial charge in [0.25, 0.3) is 0 Å². The molecule has 0 atom stereocenters. The molecule has 1 aromatic carbocycles. The number of benzene rings is 1. The van der Waals surface area contributed by atoms with Crippen molar-refractivity contribution in [2.45, 2.75) is 6.18 Å². The smallest absolute Gasteiger partial charge is 0.417 e. The SMILES string of the molecule is O=C(O)/C=C(/c1ccccc1)C(F)(F)F. The molecule has 0 saturated heterocycles. The predicted octanol–water partition coefficient (Wildman–Crippen LogP) is 2.72. The Hall–Kier alpha value is -1.78. The van der Waals surface area contributed by atoms with Crippen molar-refractivity contribution < 1.29 is 23.1 Å².